The minimum atomic E-state index is -2.98. The second-order valence-electron chi connectivity index (χ2n) is 5.91. The summed E-state index contributed by atoms with van der Waals surface area (Å²) in [5.74, 6) is 0.956. The molecule has 0 radical (unpaired) electrons. The number of nitriles is 1. The third kappa shape index (κ3) is 3.51. The number of aryl methyl sites for hydroxylation is 2. The smallest absolute Gasteiger partial charge is 0.148 e. The van der Waals surface area contributed by atoms with Crippen molar-refractivity contribution in [3.05, 3.63) is 28.8 Å². The van der Waals surface area contributed by atoms with Crippen LogP contribution in [0.25, 0.3) is 0 Å². The van der Waals surface area contributed by atoms with E-state index in [-0.39, 0.29) is 11.2 Å². The van der Waals surface area contributed by atoms with Crippen LogP contribution in [0.2, 0.25) is 0 Å². The molecule has 1 aromatic carbocycles. The molecule has 0 aliphatic heterocycles. The number of rotatable bonds is 5. The first-order valence-electron chi connectivity index (χ1n) is 6.57. The molecule has 1 fully saturated rings. The van der Waals surface area contributed by atoms with E-state index < -0.39 is 9.84 Å². The van der Waals surface area contributed by atoms with Gasteiger partial charge in [0.15, 0.2) is 0 Å². The number of benzene rings is 1. The molecular weight excluding hydrogens is 274 g/mol. The molecule has 1 aliphatic rings. The van der Waals surface area contributed by atoms with Crippen molar-refractivity contribution in [3.63, 3.8) is 0 Å². The summed E-state index contributed by atoms with van der Waals surface area (Å²) in [6, 6.07) is 5.70. The molecular formula is C15H19NO3S. The summed E-state index contributed by atoms with van der Waals surface area (Å²) >= 11 is 0. The molecule has 1 aliphatic carbocycles. The number of sulfone groups is 1. The summed E-state index contributed by atoms with van der Waals surface area (Å²) in [6.07, 6.45) is 3.06. The van der Waals surface area contributed by atoms with Gasteiger partial charge in [-0.15, -0.1) is 0 Å². The largest absolute Gasteiger partial charge is 0.492 e. The molecule has 0 amide bonds. The number of ether oxygens (including phenoxy) is 1. The highest BCUT2D eigenvalue weighted by molar-refractivity contribution is 7.90. The number of hydrogen-bond acceptors (Lipinski definition) is 4. The van der Waals surface area contributed by atoms with Gasteiger partial charge in [0.05, 0.1) is 24.0 Å². The van der Waals surface area contributed by atoms with Gasteiger partial charge in [-0.2, -0.15) is 5.26 Å². The van der Waals surface area contributed by atoms with E-state index >= 15 is 0 Å². The maximum atomic E-state index is 11.4. The van der Waals surface area contributed by atoms with E-state index in [1.807, 2.05) is 13.8 Å². The highest BCUT2D eigenvalue weighted by Gasteiger charge is 2.46. The monoisotopic (exact) mass is 293 g/mol. The molecule has 0 bridgehead atoms. The molecule has 1 saturated carbocycles. The van der Waals surface area contributed by atoms with Crippen molar-refractivity contribution in [3.8, 4) is 11.8 Å². The van der Waals surface area contributed by atoms with Crippen LogP contribution < -0.4 is 4.74 Å². The molecule has 2 rings (SSSR count). The fourth-order valence-corrected chi connectivity index (χ4v) is 4.02. The molecule has 5 heteroatoms. The first kappa shape index (κ1) is 14.9. The first-order chi connectivity index (χ1) is 9.25. The molecule has 0 unspecified atom stereocenters. The number of nitrogens with zero attached hydrogens (tertiary/aromatic N) is 1. The maximum Gasteiger partial charge on any atom is 0.148 e. The minimum absolute atomic E-state index is 0.189. The van der Waals surface area contributed by atoms with Gasteiger partial charge in [0.1, 0.15) is 15.6 Å². The summed E-state index contributed by atoms with van der Waals surface area (Å²) in [7, 11) is -2.98. The highest BCUT2D eigenvalue weighted by atomic mass is 32.2. The van der Waals surface area contributed by atoms with E-state index in [4.69, 9.17) is 10.00 Å². The molecule has 20 heavy (non-hydrogen) atoms. The first-order valence-corrected chi connectivity index (χ1v) is 8.63. The Bertz CT molecular complexity index is 644. The van der Waals surface area contributed by atoms with E-state index in [0.29, 0.717) is 12.2 Å². The van der Waals surface area contributed by atoms with E-state index in [1.165, 1.54) is 6.26 Å². The average molecular weight is 293 g/mol. The third-order valence-electron chi connectivity index (χ3n) is 3.64. The molecule has 0 aromatic heterocycles. The van der Waals surface area contributed by atoms with Crippen LogP contribution in [0.15, 0.2) is 12.1 Å². The Morgan fingerprint density at radius 3 is 2.25 bits per heavy atom. The topological polar surface area (TPSA) is 67.2 Å². The van der Waals surface area contributed by atoms with E-state index in [9.17, 15) is 8.42 Å². The van der Waals surface area contributed by atoms with E-state index in [1.54, 1.807) is 12.1 Å². The highest BCUT2D eigenvalue weighted by Crippen LogP contribution is 2.47. The van der Waals surface area contributed by atoms with E-state index in [0.717, 1.165) is 29.7 Å². The molecule has 0 saturated heterocycles. The molecule has 0 atom stereocenters. The quantitative estimate of drug-likeness (QED) is 0.836. The Morgan fingerprint density at radius 2 is 1.85 bits per heavy atom. The zero-order valence-electron chi connectivity index (χ0n) is 12.1. The summed E-state index contributed by atoms with van der Waals surface area (Å²) in [4.78, 5) is 0. The zero-order chi connectivity index (χ0) is 15.0. The maximum absolute atomic E-state index is 11.4. The second-order valence-corrected chi connectivity index (χ2v) is 8.05. The van der Waals surface area contributed by atoms with Crippen molar-refractivity contribution in [1.82, 2.24) is 0 Å². The molecule has 0 spiro atoms. The van der Waals surface area contributed by atoms with Crippen molar-refractivity contribution in [2.24, 2.45) is 5.41 Å². The SMILES string of the molecule is Cc1cc(C#N)cc(C)c1OCC1(CS(C)(=O)=O)CC1. The van der Waals surface area contributed by atoms with Crippen molar-refractivity contribution >= 4 is 9.84 Å². The lowest BCUT2D eigenvalue weighted by molar-refractivity contribution is 0.246. The molecule has 1 aromatic rings. The van der Waals surface area contributed by atoms with Crippen LogP contribution in [0.3, 0.4) is 0 Å². The molecule has 4 nitrogen and oxygen atoms in total. The van der Waals surface area contributed by atoms with Crippen LogP contribution in [-0.4, -0.2) is 27.0 Å². The second kappa shape index (κ2) is 5.10. The van der Waals surface area contributed by atoms with Gasteiger partial charge in [-0.3, -0.25) is 0 Å². The van der Waals surface area contributed by atoms with Crippen LogP contribution in [0, 0.1) is 30.6 Å². The van der Waals surface area contributed by atoms with E-state index in [2.05, 4.69) is 6.07 Å². The Labute approximate surface area is 120 Å². The molecule has 0 heterocycles. The van der Waals surface area contributed by atoms with Gasteiger partial charge in [0.2, 0.25) is 0 Å². The van der Waals surface area contributed by atoms with Gasteiger partial charge in [-0.1, -0.05) is 0 Å². The van der Waals surface area contributed by atoms with Crippen LogP contribution in [0.4, 0.5) is 0 Å². The Balaban J connectivity index is 2.11. The Morgan fingerprint density at radius 1 is 1.30 bits per heavy atom. The Kier molecular flexibility index (Phi) is 3.79. The normalized spacial score (nSPS) is 16.5. The predicted octanol–water partition coefficient (Wildman–Crippen LogP) is 2.38. The minimum Gasteiger partial charge on any atom is -0.492 e. The van der Waals surface area contributed by atoms with Crippen LogP contribution in [0.5, 0.6) is 5.75 Å². The van der Waals surface area contributed by atoms with Crippen LogP contribution in [-0.2, 0) is 9.84 Å². The standard InChI is InChI=1S/C15H19NO3S/c1-11-6-13(8-16)7-12(2)14(11)19-9-15(4-5-15)10-20(3,17)18/h6-7H,4-5,9-10H2,1-3H3. The van der Waals surface area contributed by atoms with Gasteiger partial charge < -0.3 is 4.74 Å². The van der Waals surface area contributed by atoms with Crippen LogP contribution >= 0.6 is 0 Å². The van der Waals surface area contributed by atoms with Gasteiger partial charge in [0, 0.05) is 11.7 Å². The van der Waals surface area contributed by atoms with Crippen LogP contribution in [0.1, 0.15) is 29.5 Å². The molecule has 0 N–H and O–H groups in total. The average Bonchev–Trinajstić information content (AvgIpc) is 3.05. The lowest BCUT2D eigenvalue weighted by Gasteiger charge is -2.18. The van der Waals surface area contributed by atoms with Crippen molar-refractivity contribution in [2.45, 2.75) is 26.7 Å². The lowest BCUT2D eigenvalue weighted by atomic mass is 10.1. The summed E-state index contributed by atoms with van der Waals surface area (Å²) in [5, 5.41) is 8.92. The lowest BCUT2D eigenvalue weighted by Crippen LogP contribution is -2.23. The molecule has 108 valence electrons. The zero-order valence-corrected chi connectivity index (χ0v) is 12.9. The third-order valence-corrected chi connectivity index (χ3v) is 4.77. The fourth-order valence-electron chi connectivity index (χ4n) is 2.53. The van der Waals surface area contributed by atoms with Gasteiger partial charge >= 0.3 is 0 Å². The van der Waals surface area contributed by atoms with Crippen molar-refractivity contribution in [2.75, 3.05) is 18.6 Å². The summed E-state index contributed by atoms with van der Waals surface area (Å²) in [5.41, 5.74) is 2.23. The van der Waals surface area contributed by atoms with Crippen molar-refractivity contribution in [1.29, 1.82) is 5.26 Å². The predicted molar refractivity (Wildman–Crippen MR) is 77.5 cm³/mol. The van der Waals surface area contributed by atoms with Gasteiger partial charge in [-0.05, 0) is 49.9 Å². The number of hydrogen-bond donors (Lipinski definition) is 0. The Hall–Kier alpha value is -1.54. The summed E-state index contributed by atoms with van der Waals surface area (Å²) in [6.45, 7) is 4.23. The van der Waals surface area contributed by atoms with Crippen molar-refractivity contribution < 1.29 is 13.2 Å². The fraction of sp³-hybridized carbons (Fsp3) is 0.533. The summed E-state index contributed by atoms with van der Waals surface area (Å²) < 4.78 is 28.7. The van der Waals surface area contributed by atoms with Gasteiger partial charge in [-0.25, -0.2) is 8.42 Å². The van der Waals surface area contributed by atoms with Gasteiger partial charge in [0.25, 0.3) is 0 Å².